The van der Waals surface area contributed by atoms with Crippen LogP contribution in [0.4, 0.5) is 5.69 Å². The molecule has 0 aliphatic rings. The molecule has 114 valence electrons. The number of para-hydroxylation sites is 1. The molecule has 0 fully saturated rings. The van der Waals surface area contributed by atoms with E-state index in [1.807, 2.05) is 6.07 Å². The Balaban J connectivity index is 2.45. The number of anilines is 1. The zero-order valence-corrected chi connectivity index (χ0v) is 13.0. The van der Waals surface area contributed by atoms with Crippen LogP contribution in [0.25, 0.3) is 0 Å². The minimum Gasteiger partial charge on any atom is -0.384 e. The van der Waals surface area contributed by atoms with E-state index < -0.39 is 10.0 Å². The summed E-state index contributed by atoms with van der Waals surface area (Å²) in [5.74, 6) is 0. The maximum atomic E-state index is 11.9. The summed E-state index contributed by atoms with van der Waals surface area (Å²) in [6.07, 6.45) is 3.06. The molecular weight excluding hydrogens is 276 g/mol. The monoisotopic (exact) mass is 300 g/mol. The third-order valence-electron chi connectivity index (χ3n) is 2.87. The van der Waals surface area contributed by atoms with Crippen molar-refractivity contribution in [1.29, 1.82) is 0 Å². The quantitative estimate of drug-likeness (QED) is 0.650. The van der Waals surface area contributed by atoms with Crippen molar-refractivity contribution in [2.24, 2.45) is 0 Å². The molecule has 0 amide bonds. The zero-order chi connectivity index (χ0) is 14.8. The fourth-order valence-corrected chi connectivity index (χ4v) is 2.61. The van der Waals surface area contributed by atoms with Gasteiger partial charge in [0.2, 0.25) is 10.0 Å². The first-order valence-corrected chi connectivity index (χ1v) is 8.44. The van der Waals surface area contributed by atoms with Crippen LogP contribution in [0.1, 0.15) is 26.2 Å². The summed E-state index contributed by atoms with van der Waals surface area (Å²) >= 11 is 0. The van der Waals surface area contributed by atoms with E-state index in [-0.39, 0.29) is 4.90 Å². The molecule has 1 aromatic carbocycles. The Bertz CT molecular complexity index is 489. The van der Waals surface area contributed by atoms with E-state index in [2.05, 4.69) is 17.0 Å². The highest BCUT2D eigenvalue weighted by molar-refractivity contribution is 7.89. The molecule has 2 N–H and O–H groups in total. The van der Waals surface area contributed by atoms with Gasteiger partial charge in [0.15, 0.2) is 0 Å². The van der Waals surface area contributed by atoms with Crippen LogP contribution in [0, 0.1) is 0 Å². The Labute approximate surface area is 121 Å². The number of hydrogen-bond acceptors (Lipinski definition) is 4. The number of benzene rings is 1. The largest absolute Gasteiger partial charge is 0.384 e. The van der Waals surface area contributed by atoms with Gasteiger partial charge in [0.05, 0.1) is 5.69 Å². The van der Waals surface area contributed by atoms with Crippen molar-refractivity contribution in [3.63, 3.8) is 0 Å². The Hall–Kier alpha value is -1.11. The number of rotatable bonds is 10. The van der Waals surface area contributed by atoms with Crippen molar-refractivity contribution in [2.75, 3.05) is 32.1 Å². The van der Waals surface area contributed by atoms with Crippen LogP contribution in [0.15, 0.2) is 29.2 Å². The normalized spacial score (nSPS) is 11.5. The van der Waals surface area contributed by atoms with Crippen LogP contribution in [-0.2, 0) is 14.8 Å². The molecular formula is C14H24N2O3S. The van der Waals surface area contributed by atoms with Crippen LogP contribution in [0.2, 0.25) is 0 Å². The van der Waals surface area contributed by atoms with Gasteiger partial charge in [-0.1, -0.05) is 25.5 Å². The lowest BCUT2D eigenvalue weighted by molar-refractivity contribution is 0.131. The summed E-state index contributed by atoms with van der Waals surface area (Å²) in [7, 11) is -2.02. The van der Waals surface area contributed by atoms with Crippen molar-refractivity contribution in [3.8, 4) is 0 Å². The van der Waals surface area contributed by atoms with E-state index in [0.29, 0.717) is 18.8 Å². The van der Waals surface area contributed by atoms with Gasteiger partial charge in [0.25, 0.3) is 0 Å². The number of ether oxygens (including phenoxy) is 1. The maximum absolute atomic E-state index is 11.9. The molecule has 5 nitrogen and oxygen atoms in total. The third-order valence-corrected chi connectivity index (χ3v) is 4.34. The molecule has 0 aliphatic heterocycles. The molecule has 6 heteroatoms. The SMILES string of the molecule is CCCCOCCCNc1ccccc1S(=O)(=O)NC. The zero-order valence-electron chi connectivity index (χ0n) is 12.2. The summed E-state index contributed by atoms with van der Waals surface area (Å²) in [4.78, 5) is 0.273. The first-order valence-electron chi connectivity index (χ1n) is 6.96. The van der Waals surface area contributed by atoms with Crippen molar-refractivity contribution < 1.29 is 13.2 Å². The van der Waals surface area contributed by atoms with Crippen LogP contribution < -0.4 is 10.0 Å². The lowest BCUT2D eigenvalue weighted by Crippen LogP contribution is -2.20. The number of sulfonamides is 1. The average Bonchev–Trinajstić information content (AvgIpc) is 2.46. The highest BCUT2D eigenvalue weighted by atomic mass is 32.2. The highest BCUT2D eigenvalue weighted by Crippen LogP contribution is 2.20. The van der Waals surface area contributed by atoms with Crippen molar-refractivity contribution in [3.05, 3.63) is 24.3 Å². The molecule has 0 bridgehead atoms. The van der Waals surface area contributed by atoms with Crippen LogP contribution >= 0.6 is 0 Å². The standard InChI is InChI=1S/C14H24N2O3S/c1-3-4-11-19-12-7-10-16-13-8-5-6-9-14(13)20(17,18)15-2/h5-6,8-9,15-16H,3-4,7,10-12H2,1-2H3. The predicted octanol–water partition coefficient (Wildman–Crippen LogP) is 2.21. The van der Waals surface area contributed by atoms with E-state index in [4.69, 9.17) is 4.74 Å². The van der Waals surface area contributed by atoms with Gasteiger partial charge < -0.3 is 10.1 Å². The average molecular weight is 300 g/mol. The second-order valence-electron chi connectivity index (χ2n) is 4.45. The molecule has 0 unspecified atom stereocenters. The molecule has 0 radical (unpaired) electrons. The van der Waals surface area contributed by atoms with E-state index >= 15 is 0 Å². The summed E-state index contributed by atoms with van der Waals surface area (Å²) in [6, 6.07) is 6.88. The number of unbranched alkanes of at least 4 members (excludes halogenated alkanes) is 1. The van der Waals surface area contributed by atoms with Gasteiger partial charge in [0, 0.05) is 19.8 Å². The van der Waals surface area contributed by atoms with Gasteiger partial charge in [-0.3, -0.25) is 0 Å². The summed E-state index contributed by atoms with van der Waals surface area (Å²) in [5, 5.41) is 3.15. The number of nitrogens with one attached hydrogen (secondary N) is 2. The predicted molar refractivity (Wildman–Crippen MR) is 81.5 cm³/mol. The molecule has 1 aromatic rings. The summed E-state index contributed by atoms with van der Waals surface area (Å²) in [6.45, 7) is 4.29. The molecule has 0 aromatic heterocycles. The van der Waals surface area contributed by atoms with Gasteiger partial charge in [0.1, 0.15) is 4.90 Å². The van der Waals surface area contributed by atoms with Crippen LogP contribution in [0.5, 0.6) is 0 Å². The van der Waals surface area contributed by atoms with E-state index in [9.17, 15) is 8.42 Å². The van der Waals surface area contributed by atoms with E-state index in [1.165, 1.54) is 7.05 Å². The smallest absolute Gasteiger partial charge is 0.242 e. The second-order valence-corrected chi connectivity index (χ2v) is 6.30. The summed E-state index contributed by atoms with van der Waals surface area (Å²) in [5.41, 5.74) is 0.621. The topological polar surface area (TPSA) is 67.4 Å². The van der Waals surface area contributed by atoms with Gasteiger partial charge in [-0.15, -0.1) is 0 Å². The van der Waals surface area contributed by atoms with Crippen molar-refractivity contribution in [1.82, 2.24) is 4.72 Å². The molecule has 0 atom stereocenters. The molecule has 20 heavy (non-hydrogen) atoms. The lowest BCUT2D eigenvalue weighted by atomic mass is 10.3. The third kappa shape index (κ3) is 5.48. The van der Waals surface area contributed by atoms with Gasteiger partial charge in [-0.2, -0.15) is 0 Å². The molecule has 1 rings (SSSR count). The van der Waals surface area contributed by atoms with E-state index in [0.717, 1.165) is 25.9 Å². The van der Waals surface area contributed by atoms with Crippen molar-refractivity contribution >= 4 is 15.7 Å². The van der Waals surface area contributed by atoms with Crippen LogP contribution in [0.3, 0.4) is 0 Å². The van der Waals surface area contributed by atoms with Crippen LogP contribution in [-0.4, -0.2) is 35.2 Å². The molecule has 0 spiro atoms. The Morgan fingerprint density at radius 1 is 1.15 bits per heavy atom. The highest BCUT2D eigenvalue weighted by Gasteiger charge is 2.15. The summed E-state index contributed by atoms with van der Waals surface area (Å²) < 4.78 is 31.5. The molecule has 0 saturated carbocycles. The molecule has 0 aliphatic carbocycles. The minimum atomic E-state index is -3.43. The Morgan fingerprint density at radius 3 is 2.55 bits per heavy atom. The Kier molecular flexibility index (Phi) is 7.58. The first kappa shape index (κ1) is 16.9. The Morgan fingerprint density at radius 2 is 1.85 bits per heavy atom. The van der Waals surface area contributed by atoms with E-state index in [1.54, 1.807) is 18.2 Å². The van der Waals surface area contributed by atoms with Gasteiger partial charge >= 0.3 is 0 Å². The molecule has 0 saturated heterocycles. The van der Waals surface area contributed by atoms with Gasteiger partial charge in [-0.25, -0.2) is 13.1 Å². The lowest BCUT2D eigenvalue weighted by Gasteiger charge is -2.12. The fourth-order valence-electron chi connectivity index (χ4n) is 1.70. The van der Waals surface area contributed by atoms with Crippen molar-refractivity contribution in [2.45, 2.75) is 31.1 Å². The van der Waals surface area contributed by atoms with Gasteiger partial charge in [-0.05, 0) is 32.0 Å². The minimum absolute atomic E-state index is 0.273. The maximum Gasteiger partial charge on any atom is 0.242 e. The second kappa shape index (κ2) is 8.94. The fraction of sp³-hybridized carbons (Fsp3) is 0.571. The number of hydrogen-bond donors (Lipinski definition) is 2. The first-order chi connectivity index (χ1) is 9.61. The molecule has 0 heterocycles.